The van der Waals surface area contributed by atoms with Gasteiger partial charge in [-0.2, -0.15) is 0 Å². The Morgan fingerprint density at radius 3 is 2.42 bits per heavy atom. The number of carbonyl (C=O) groups is 4. The SMILES string of the molecule is O=C(CC1Sc2ccccc2NC1=O)Nc1ccc(C(=O)OCC(=O)c2ccc3c(c2)Cc2ccccc2-3)cc1. The van der Waals surface area contributed by atoms with Gasteiger partial charge in [-0.15, -0.1) is 11.8 Å². The maximum atomic E-state index is 12.7. The molecule has 0 spiro atoms. The Kier molecular flexibility index (Phi) is 6.92. The van der Waals surface area contributed by atoms with Gasteiger partial charge in [0.2, 0.25) is 11.8 Å². The third-order valence-corrected chi connectivity index (χ3v) is 8.21. The molecule has 4 aromatic carbocycles. The number of amides is 2. The Hall–Kier alpha value is -4.69. The van der Waals surface area contributed by atoms with Crippen LogP contribution in [0.3, 0.4) is 0 Å². The van der Waals surface area contributed by atoms with Gasteiger partial charge in [-0.05, 0) is 71.1 Å². The maximum Gasteiger partial charge on any atom is 0.338 e. The number of hydrogen-bond acceptors (Lipinski definition) is 6. The van der Waals surface area contributed by atoms with E-state index in [0.717, 1.165) is 28.1 Å². The van der Waals surface area contributed by atoms with Crippen LogP contribution in [0.1, 0.15) is 38.3 Å². The third-order valence-electron chi connectivity index (χ3n) is 6.93. The van der Waals surface area contributed by atoms with E-state index in [2.05, 4.69) is 22.8 Å². The van der Waals surface area contributed by atoms with Crippen LogP contribution in [0.5, 0.6) is 0 Å². The molecule has 0 saturated carbocycles. The maximum absolute atomic E-state index is 12.7. The predicted octanol–water partition coefficient (Wildman–Crippen LogP) is 5.74. The summed E-state index contributed by atoms with van der Waals surface area (Å²) in [4.78, 5) is 51.1. The first-order chi connectivity index (χ1) is 19.4. The van der Waals surface area contributed by atoms with Gasteiger partial charge < -0.3 is 15.4 Å². The summed E-state index contributed by atoms with van der Waals surface area (Å²) in [5, 5.41) is 5.05. The fourth-order valence-electron chi connectivity index (χ4n) is 4.91. The summed E-state index contributed by atoms with van der Waals surface area (Å²) in [6.45, 7) is -0.368. The van der Waals surface area contributed by atoms with Crippen molar-refractivity contribution in [1.29, 1.82) is 0 Å². The smallest absolute Gasteiger partial charge is 0.338 e. The van der Waals surface area contributed by atoms with Crippen LogP contribution in [0.4, 0.5) is 11.4 Å². The van der Waals surface area contributed by atoms with Crippen molar-refractivity contribution in [2.45, 2.75) is 23.0 Å². The first-order valence-corrected chi connectivity index (χ1v) is 13.7. The molecular formula is C32H24N2O5S. The number of Topliss-reactive ketones (excluding diaryl/α,β-unsaturated/α-hetero) is 1. The summed E-state index contributed by atoms with van der Waals surface area (Å²) >= 11 is 1.36. The Bertz CT molecular complexity index is 1660. The molecule has 2 N–H and O–H groups in total. The highest BCUT2D eigenvalue weighted by Gasteiger charge is 2.29. The Morgan fingerprint density at radius 2 is 1.57 bits per heavy atom. The van der Waals surface area contributed by atoms with Gasteiger partial charge in [-0.25, -0.2) is 4.79 Å². The lowest BCUT2D eigenvalue weighted by atomic mass is 10.0. The summed E-state index contributed by atoms with van der Waals surface area (Å²) in [7, 11) is 0. The fourth-order valence-corrected chi connectivity index (χ4v) is 6.02. The molecule has 0 radical (unpaired) electrons. The summed E-state index contributed by atoms with van der Waals surface area (Å²) in [6.07, 6.45) is 0.779. The highest BCUT2D eigenvalue weighted by atomic mass is 32.2. The molecule has 1 unspecified atom stereocenters. The lowest BCUT2D eigenvalue weighted by Crippen LogP contribution is -2.32. The van der Waals surface area contributed by atoms with Crippen LogP contribution in [0, 0.1) is 0 Å². The van der Waals surface area contributed by atoms with E-state index in [1.807, 2.05) is 48.5 Å². The number of carbonyl (C=O) groups excluding carboxylic acids is 4. The van der Waals surface area contributed by atoms with E-state index in [-0.39, 0.29) is 36.2 Å². The molecule has 1 atom stereocenters. The summed E-state index contributed by atoms with van der Waals surface area (Å²) in [5.41, 5.74) is 6.63. The third kappa shape index (κ3) is 5.26. The number of benzene rings is 4. The molecular weight excluding hydrogens is 524 g/mol. The highest BCUT2D eigenvalue weighted by molar-refractivity contribution is 8.01. The predicted molar refractivity (Wildman–Crippen MR) is 154 cm³/mol. The fraction of sp³-hybridized carbons (Fsp3) is 0.125. The number of ether oxygens (including phenoxy) is 1. The molecule has 1 aliphatic carbocycles. The number of ketones is 1. The molecule has 2 aliphatic rings. The number of anilines is 2. The van der Waals surface area contributed by atoms with Crippen LogP contribution in [0.25, 0.3) is 11.1 Å². The van der Waals surface area contributed by atoms with E-state index in [0.29, 0.717) is 11.3 Å². The van der Waals surface area contributed by atoms with Crippen molar-refractivity contribution in [2.24, 2.45) is 0 Å². The number of rotatable bonds is 7. The number of fused-ring (bicyclic) bond motifs is 4. The standard InChI is InChI=1S/C32H24N2O5S/c35-27(21-11-14-25-22(16-21)15-20-5-1-2-6-24(20)25)18-39-32(38)19-9-12-23(13-10-19)33-30(36)17-29-31(37)34-26-7-3-4-8-28(26)40-29/h1-14,16,29H,15,17-18H2,(H,33,36)(H,34,37). The average molecular weight is 549 g/mol. The van der Waals surface area contributed by atoms with Gasteiger partial charge in [0.1, 0.15) is 0 Å². The van der Waals surface area contributed by atoms with Gasteiger partial charge in [-0.3, -0.25) is 14.4 Å². The Balaban J connectivity index is 1.01. The van der Waals surface area contributed by atoms with Crippen molar-refractivity contribution in [3.63, 3.8) is 0 Å². The average Bonchev–Trinajstić information content (AvgIpc) is 3.34. The first kappa shape index (κ1) is 25.6. The lowest BCUT2D eigenvalue weighted by molar-refractivity contribution is -0.120. The molecule has 198 valence electrons. The second-order valence-corrected chi connectivity index (χ2v) is 10.9. The number of para-hydroxylation sites is 1. The topological polar surface area (TPSA) is 102 Å². The van der Waals surface area contributed by atoms with E-state index < -0.39 is 11.2 Å². The number of hydrogen-bond donors (Lipinski definition) is 2. The monoisotopic (exact) mass is 548 g/mol. The number of thioether (sulfide) groups is 1. The second kappa shape index (κ2) is 10.8. The molecule has 40 heavy (non-hydrogen) atoms. The normalized spacial score (nSPS) is 14.8. The van der Waals surface area contributed by atoms with Crippen LogP contribution in [-0.2, 0) is 20.7 Å². The molecule has 8 heteroatoms. The van der Waals surface area contributed by atoms with Crippen molar-refractivity contribution < 1.29 is 23.9 Å². The Morgan fingerprint density at radius 1 is 0.850 bits per heavy atom. The lowest BCUT2D eigenvalue weighted by Gasteiger charge is -2.23. The van der Waals surface area contributed by atoms with Gasteiger partial charge in [0, 0.05) is 22.6 Å². The molecule has 1 heterocycles. The van der Waals surface area contributed by atoms with Crippen molar-refractivity contribution in [1.82, 2.24) is 0 Å². The van der Waals surface area contributed by atoms with E-state index in [9.17, 15) is 19.2 Å². The molecule has 0 bridgehead atoms. The van der Waals surface area contributed by atoms with Gasteiger partial charge in [0.25, 0.3) is 0 Å². The van der Waals surface area contributed by atoms with E-state index in [4.69, 9.17) is 4.74 Å². The molecule has 0 saturated heterocycles. The van der Waals surface area contributed by atoms with Gasteiger partial charge in [0.15, 0.2) is 12.4 Å². The van der Waals surface area contributed by atoms with Crippen LogP contribution in [-0.4, -0.2) is 35.4 Å². The highest BCUT2D eigenvalue weighted by Crippen LogP contribution is 2.37. The van der Waals surface area contributed by atoms with Gasteiger partial charge in [-0.1, -0.05) is 48.5 Å². The van der Waals surface area contributed by atoms with Gasteiger partial charge in [0.05, 0.1) is 16.5 Å². The summed E-state index contributed by atoms with van der Waals surface area (Å²) in [5.74, 6) is -1.43. The van der Waals surface area contributed by atoms with Crippen molar-refractivity contribution in [3.05, 3.63) is 113 Å². The Labute approximate surface area is 234 Å². The minimum Gasteiger partial charge on any atom is -0.454 e. The molecule has 7 nitrogen and oxygen atoms in total. The number of esters is 1. The summed E-state index contributed by atoms with van der Waals surface area (Å²) in [6, 6.07) is 27.4. The molecule has 6 rings (SSSR count). The van der Waals surface area contributed by atoms with Gasteiger partial charge >= 0.3 is 5.97 Å². The van der Waals surface area contributed by atoms with E-state index in [1.54, 1.807) is 18.2 Å². The second-order valence-electron chi connectivity index (χ2n) is 9.63. The minimum absolute atomic E-state index is 0.00548. The van der Waals surface area contributed by atoms with Crippen molar-refractivity contribution >= 4 is 46.7 Å². The molecule has 4 aromatic rings. The zero-order valence-electron chi connectivity index (χ0n) is 21.3. The quantitative estimate of drug-likeness (QED) is 0.199. The molecule has 1 aliphatic heterocycles. The largest absolute Gasteiger partial charge is 0.454 e. The first-order valence-electron chi connectivity index (χ1n) is 12.8. The molecule has 0 fully saturated rings. The van der Waals surface area contributed by atoms with E-state index >= 15 is 0 Å². The molecule has 2 amide bonds. The minimum atomic E-state index is -0.631. The van der Waals surface area contributed by atoms with Crippen molar-refractivity contribution in [2.75, 3.05) is 17.2 Å². The zero-order chi connectivity index (χ0) is 27.6. The zero-order valence-corrected chi connectivity index (χ0v) is 22.1. The van der Waals surface area contributed by atoms with E-state index in [1.165, 1.54) is 35.0 Å². The van der Waals surface area contributed by atoms with Crippen LogP contribution in [0.2, 0.25) is 0 Å². The van der Waals surface area contributed by atoms with Crippen LogP contribution >= 0.6 is 11.8 Å². The number of nitrogens with one attached hydrogen (secondary N) is 2. The van der Waals surface area contributed by atoms with Crippen LogP contribution < -0.4 is 10.6 Å². The van der Waals surface area contributed by atoms with Crippen molar-refractivity contribution in [3.8, 4) is 11.1 Å². The molecule has 0 aromatic heterocycles. The summed E-state index contributed by atoms with van der Waals surface area (Å²) < 4.78 is 5.26. The van der Waals surface area contributed by atoms with Crippen LogP contribution in [0.15, 0.2) is 95.9 Å².